The molecule has 0 saturated heterocycles. The van der Waals surface area contributed by atoms with Crippen molar-refractivity contribution < 1.29 is 14.3 Å². The van der Waals surface area contributed by atoms with Crippen molar-refractivity contribution >= 4 is 58.0 Å². The largest absolute Gasteiger partial charge is 0.482 e. The number of likely N-dealkylation sites (N-methyl/N-ethyl adjacent to an activating group) is 1. The first-order valence-corrected chi connectivity index (χ1v) is 6.34. The number of ether oxygens (including phenoxy) is 1. The average molecular weight is 324 g/mol. The Morgan fingerprint density at radius 3 is 2.74 bits per heavy atom. The number of alkyl halides is 3. The van der Waals surface area contributed by atoms with Crippen molar-refractivity contribution in [2.45, 2.75) is 3.79 Å². The second kappa shape index (κ2) is 5.07. The lowest BCUT2D eigenvalue weighted by atomic mass is 10.2. The zero-order valence-corrected chi connectivity index (χ0v) is 12.0. The predicted molar refractivity (Wildman–Crippen MR) is 74.3 cm³/mol. The fraction of sp³-hybridized carbons (Fsp3) is 0.273. The van der Waals surface area contributed by atoms with Crippen molar-refractivity contribution in [2.75, 3.05) is 23.9 Å². The Morgan fingerprint density at radius 2 is 2.11 bits per heavy atom. The van der Waals surface area contributed by atoms with Gasteiger partial charge < -0.3 is 15.0 Å². The Labute approximate surface area is 124 Å². The number of carbonyl (C=O) groups is 2. The summed E-state index contributed by atoms with van der Waals surface area (Å²) in [5.41, 5.74) is 0.943. The molecule has 102 valence electrons. The van der Waals surface area contributed by atoms with Crippen molar-refractivity contribution in [3.05, 3.63) is 18.2 Å². The summed E-state index contributed by atoms with van der Waals surface area (Å²) in [5, 5.41) is 2.44. The van der Waals surface area contributed by atoms with Gasteiger partial charge >= 0.3 is 0 Å². The zero-order valence-electron chi connectivity index (χ0n) is 9.75. The van der Waals surface area contributed by atoms with Gasteiger partial charge in [0.25, 0.3) is 15.6 Å². The van der Waals surface area contributed by atoms with Crippen LogP contribution in [0.15, 0.2) is 18.2 Å². The molecule has 0 aliphatic carbocycles. The summed E-state index contributed by atoms with van der Waals surface area (Å²) in [6, 6.07) is 4.80. The molecule has 0 radical (unpaired) electrons. The highest BCUT2D eigenvalue weighted by molar-refractivity contribution is 6.76. The van der Waals surface area contributed by atoms with Crippen molar-refractivity contribution in [3.63, 3.8) is 0 Å². The van der Waals surface area contributed by atoms with E-state index in [1.807, 2.05) is 0 Å². The molecule has 19 heavy (non-hydrogen) atoms. The summed E-state index contributed by atoms with van der Waals surface area (Å²) >= 11 is 16.4. The SMILES string of the molecule is CN1C(=O)COc2ccc(NC(=O)C(Cl)(Cl)Cl)cc21. The lowest BCUT2D eigenvalue weighted by molar-refractivity contribution is -0.121. The Kier molecular flexibility index (Phi) is 3.80. The van der Waals surface area contributed by atoms with E-state index in [1.165, 1.54) is 4.90 Å². The second-order valence-corrected chi connectivity index (χ2v) is 6.16. The molecule has 2 amide bonds. The molecule has 0 unspecified atom stereocenters. The Bertz CT molecular complexity index is 542. The first-order chi connectivity index (χ1) is 8.79. The molecule has 2 rings (SSSR count). The maximum atomic E-state index is 11.5. The Balaban J connectivity index is 2.26. The molecular weight excluding hydrogens is 314 g/mol. The number of amides is 2. The molecule has 1 aliphatic heterocycles. The molecular formula is C11H9Cl3N2O3. The van der Waals surface area contributed by atoms with Crippen LogP contribution in [0, 0.1) is 0 Å². The van der Waals surface area contributed by atoms with Gasteiger partial charge in [0.2, 0.25) is 0 Å². The number of halogens is 3. The molecule has 1 aliphatic rings. The Hall–Kier alpha value is -1.17. The molecule has 0 bridgehead atoms. The van der Waals surface area contributed by atoms with Crippen LogP contribution in [0.3, 0.4) is 0 Å². The molecule has 1 heterocycles. The van der Waals surface area contributed by atoms with Gasteiger partial charge in [0, 0.05) is 12.7 Å². The number of nitrogens with one attached hydrogen (secondary N) is 1. The highest BCUT2D eigenvalue weighted by Gasteiger charge is 2.31. The van der Waals surface area contributed by atoms with Crippen LogP contribution >= 0.6 is 34.8 Å². The molecule has 0 aromatic heterocycles. The molecule has 1 aromatic rings. The van der Waals surface area contributed by atoms with Crippen LogP contribution in [-0.4, -0.2) is 29.3 Å². The molecule has 0 saturated carbocycles. The van der Waals surface area contributed by atoms with Crippen molar-refractivity contribution in [3.8, 4) is 5.75 Å². The minimum absolute atomic E-state index is 0.0106. The minimum Gasteiger partial charge on any atom is -0.482 e. The number of anilines is 2. The maximum Gasteiger partial charge on any atom is 0.276 e. The highest BCUT2D eigenvalue weighted by atomic mass is 35.6. The number of hydrogen-bond acceptors (Lipinski definition) is 3. The van der Waals surface area contributed by atoms with Crippen LogP contribution in [-0.2, 0) is 9.59 Å². The molecule has 0 fully saturated rings. The van der Waals surface area contributed by atoms with Gasteiger partial charge in [0.1, 0.15) is 5.75 Å². The molecule has 8 heteroatoms. The first-order valence-electron chi connectivity index (χ1n) is 5.20. The van der Waals surface area contributed by atoms with Crippen LogP contribution in [0.5, 0.6) is 5.75 Å². The van der Waals surface area contributed by atoms with E-state index in [9.17, 15) is 9.59 Å². The summed E-state index contributed by atoms with van der Waals surface area (Å²) < 4.78 is 3.20. The summed E-state index contributed by atoms with van der Waals surface area (Å²) in [5.74, 6) is -0.408. The van der Waals surface area contributed by atoms with Crippen molar-refractivity contribution in [1.82, 2.24) is 0 Å². The van der Waals surface area contributed by atoms with E-state index in [0.717, 1.165) is 0 Å². The summed E-state index contributed by atoms with van der Waals surface area (Å²) in [4.78, 5) is 24.5. The van der Waals surface area contributed by atoms with Crippen LogP contribution in [0.2, 0.25) is 0 Å². The van der Waals surface area contributed by atoms with E-state index in [4.69, 9.17) is 39.5 Å². The first kappa shape index (κ1) is 14.2. The number of fused-ring (bicyclic) bond motifs is 1. The number of carbonyl (C=O) groups excluding carboxylic acids is 2. The van der Waals surface area contributed by atoms with Gasteiger partial charge in [-0.3, -0.25) is 9.59 Å². The summed E-state index contributed by atoms with van der Waals surface area (Å²) in [7, 11) is 1.62. The number of hydrogen-bond donors (Lipinski definition) is 1. The third kappa shape index (κ3) is 3.05. The monoisotopic (exact) mass is 322 g/mol. The van der Waals surface area contributed by atoms with Crippen LogP contribution in [0.1, 0.15) is 0 Å². The van der Waals surface area contributed by atoms with E-state index < -0.39 is 9.70 Å². The second-order valence-electron chi connectivity index (χ2n) is 3.88. The van der Waals surface area contributed by atoms with E-state index >= 15 is 0 Å². The van der Waals surface area contributed by atoms with E-state index in [1.54, 1.807) is 25.2 Å². The van der Waals surface area contributed by atoms with E-state index in [-0.39, 0.29) is 12.5 Å². The van der Waals surface area contributed by atoms with Crippen LogP contribution in [0.25, 0.3) is 0 Å². The van der Waals surface area contributed by atoms with Gasteiger partial charge in [-0.1, -0.05) is 34.8 Å². The highest BCUT2D eigenvalue weighted by Crippen LogP contribution is 2.34. The van der Waals surface area contributed by atoms with Gasteiger partial charge in [-0.2, -0.15) is 0 Å². The molecule has 0 spiro atoms. The molecule has 1 N–H and O–H groups in total. The van der Waals surface area contributed by atoms with Gasteiger partial charge in [-0.05, 0) is 18.2 Å². The smallest absolute Gasteiger partial charge is 0.276 e. The topological polar surface area (TPSA) is 58.6 Å². The van der Waals surface area contributed by atoms with Crippen LogP contribution < -0.4 is 15.0 Å². The number of benzene rings is 1. The molecule has 5 nitrogen and oxygen atoms in total. The normalized spacial score (nSPS) is 14.7. The lowest BCUT2D eigenvalue weighted by Crippen LogP contribution is -2.35. The van der Waals surface area contributed by atoms with Gasteiger partial charge in [-0.15, -0.1) is 0 Å². The van der Waals surface area contributed by atoms with Crippen molar-refractivity contribution in [1.29, 1.82) is 0 Å². The van der Waals surface area contributed by atoms with Gasteiger partial charge in [0.15, 0.2) is 6.61 Å². The third-order valence-electron chi connectivity index (χ3n) is 2.56. The summed E-state index contributed by atoms with van der Waals surface area (Å²) in [6.07, 6.45) is 0. The number of rotatable bonds is 1. The van der Waals surface area contributed by atoms with E-state index in [0.29, 0.717) is 17.1 Å². The molecule has 0 atom stereocenters. The Morgan fingerprint density at radius 1 is 1.42 bits per heavy atom. The van der Waals surface area contributed by atoms with E-state index in [2.05, 4.69) is 5.32 Å². The fourth-order valence-corrected chi connectivity index (χ4v) is 1.69. The fourth-order valence-electron chi connectivity index (χ4n) is 1.55. The number of nitrogens with zero attached hydrogens (tertiary/aromatic N) is 1. The minimum atomic E-state index is -2.05. The average Bonchev–Trinajstić information content (AvgIpc) is 2.33. The van der Waals surface area contributed by atoms with Crippen molar-refractivity contribution in [2.24, 2.45) is 0 Å². The van der Waals surface area contributed by atoms with Gasteiger partial charge in [-0.25, -0.2) is 0 Å². The lowest BCUT2D eigenvalue weighted by Gasteiger charge is -2.26. The summed E-state index contributed by atoms with van der Waals surface area (Å²) in [6.45, 7) is -0.0106. The van der Waals surface area contributed by atoms with Gasteiger partial charge in [0.05, 0.1) is 5.69 Å². The molecule has 1 aromatic carbocycles. The standard InChI is InChI=1S/C11H9Cl3N2O3/c1-16-7-4-6(15-10(18)11(12,13)14)2-3-8(7)19-5-9(16)17/h2-4H,5H2,1H3,(H,15,18). The quantitative estimate of drug-likeness (QED) is 0.807. The maximum absolute atomic E-state index is 11.5. The zero-order chi connectivity index (χ0) is 14.2. The van der Waals surface area contributed by atoms with Crippen LogP contribution in [0.4, 0.5) is 11.4 Å². The predicted octanol–water partition coefficient (Wildman–Crippen LogP) is 2.35. The third-order valence-corrected chi connectivity index (χ3v) is 3.08.